The molecule has 1 aromatic heterocycles. The van der Waals surface area contributed by atoms with Gasteiger partial charge in [0, 0.05) is 17.5 Å². The second-order valence-corrected chi connectivity index (χ2v) is 4.28. The predicted octanol–water partition coefficient (Wildman–Crippen LogP) is 2.14. The highest BCUT2D eigenvalue weighted by Gasteiger charge is 2.17. The maximum atomic E-state index is 10.9. The molecule has 0 fully saturated rings. The van der Waals surface area contributed by atoms with Gasteiger partial charge in [0.1, 0.15) is 0 Å². The lowest BCUT2D eigenvalue weighted by Gasteiger charge is -2.12. The molecule has 4 nitrogen and oxygen atoms in total. The molecule has 0 aliphatic heterocycles. The highest BCUT2D eigenvalue weighted by atomic mass is 32.1. The van der Waals surface area contributed by atoms with E-state index in [4.69, 9.17) is 4.84 Å². The van der Waals surface area contributed by atoms with Crippen LogP contribution in [-0.4, -0.2) is 18.9 Å². The molecular formula is C10H12N2O2S. The Balaban J connectivity index is 2.15. The van der Waals surface area contributed by atoms with Gasteiger partial charge in [-0.15, -0.1) is 11.3 Å². The molecule has 1 aliphatic carbocycles. The Morgan fingerprint density at radius 3 is 3.27 bits per heavy atom. The van der Waals surface area contributed by atoms with Gasteiger partial charge in [-0.2, -0.15) is 0 Å². The number of thiophene rings is 1. The van der Waals surface area contributed by atoms with E-state index >= 15 is 0 Å². The molecule has 0 aromatic carbocycles. The lowest BCUT2D eigenvalue weighted by molar-refractivity contribution is 0.153. The smallest absolute Gasteiger partial charge is 0.323 e. The van der Waals surface area contributed by atoms with Crippen LogP contribution in [0.3, 0.4) is 0 Å². The van der Waals surface area contributed by atoms with E-state index in [-0.39, 0.29) is 0 Å². The summed E-state index contributed by atoms with van der Waals surface area (Å²) in [5, 5.41) is 8.28. The zero-order valence-electron chi connectivity index (χ0n) is 8.45. The van der Waals surface area contributed by atoms with E-state index in [1.54, 1.807) is 11.3 Å². The van der Waals surface area contributed by atoms with Gasteiger partial charge in [-0.05, 0) is 30.7 Å². The van der Waals surface area contributed by atoms with E-state index in [1.165, 1.54) is 11.9 Å². The van der Waals surface area contributed by atoms with E-state index in [2.05, 4.69) is 10.5 Å². The van der Waals surface area contributed by atoms with Crippen LogP contribution < -0.4 is 5.32 Å². The molecule has 0 unspecified atom stereocenters. The van der Waals surface area contributed by atoms with Gasteiger partial charge in [0.2, 0.25) is 0 Å². The number of oxime groups is 1. The molecule has 0 atom stereocenters. The molecule has 2 rings (SSSR count). The zero-order valence-corrected chi connectivity index (χ0v) is 9.26. The number of fused-ring (bicyclic) bond motifs is 1. The second kappa shape index (κ2) is 4.44. The molecule has 1 aromatic rings. The van der Waals surface area contributed by atoms with Crippen molar-refractivity contribution in [2.75, 3.05) is 7.05 Å². The summed E-state index contributed by atoms with van der Waals surface area (Å²) in [5.41, 5.74) is 2.01. The molecule has 0 saturated carbocycles. The van der Waals surface area contributed by atoms with Crippen LogP contribution >= 0.6 is 11.3 Å². The van der Waals surface area contributed by atoms with Crippen molar-refractivity contribution in [1.82, 2.24) is 5.32 Å². The number of carbonyl (C=O) groups excluding carboxylic acids is 1. The number of hydrogen-bond acceptors (Lipinski definition) is 4. The van der Waals surface area contributed by atoms with Gasteiger partial charge in [-0.3, -0.25) is 4.84 Å². The Morgan fingerprint density at radius 1 is 1.60 bits per heavy atom. The van der Waals surface area contributed by atoms with Crippen LogP contribution in [0.2, 0.25) is 0 Å². The number of hydrogen-bond donors (Lipinski definition) is 1. The van der Waals surface area contributed by atoms with Gasteiger partial charge in [0.05, 0.1) is 5.71 Å². The van der Waals surface area contributed by atoms with Crippen molar-refractivity contribution < 1.29 is 9.63 Å². The lowest BCUT2D eigenvalue weighted by atomic mass is 9.97. The molecule has 1 N–H and O–H groups in total. The minimum Gasteiger partial charge on any atom is -0.323 e. The molecule has 1 aliphatic rings. The van der Waals surface area contributed by atoms with Crippen molar-refractivity contribution in [2.45, 2.75) is 19.3 Å². The Labute approximate surface area is 91.9 Å². The van der Waals surface area contributed by atoms with E-state index in [0.717, 1.165) is 30.5 Å². The van der Waals surface area contributed by atoms with E-state index in [0.29, 0.717) is 0 Å². The van der Waals surface area contributed by atoms with Crippen LogP contribution in [0.15, 0.2) is 16.6 Å². The number of nitrogens with one attached hydrogen (secondary N) is 1. The molecule has 80 valence electrons. The lowest BCUT2D eigenvalue weighted by Crippen LogP contribution is -2.18. The molecule has 0 bridgehead atoms. The zero-order chi connectivity index (χ0) is 10.7. The Kier molecular flexibility index (Phi) is 3.01. The Bertz CT molecular complexity index is 398. The molecule has 0 saturated heterocycles. The summed E-state index contributed by atoms with van der Waals surface area (Å²) in [6.45, 7) is 0. The molecular weight excluding hydrogens is 212 g/mol. The first-order valence-corrected chi connectivity index (χ1v) is 5.71. The Hall–Kier alpha value is -1.36. The van der Waals surface area contributed by atoms with Crippen molar-refractivity contribution in [3.05, 3.63) is 21.9 Å². The van der Waals surface area contributed by atoms with Crippen LogP contribution in [0, 0.1) is 0 Å². The standard InChI is InChI=1S/C10H12N2O2S/c1-11-10(13)14-12-8-3-2-4-9-7(8)5-6-15-9/h5-6H,2-4H2,1H3,(H,11,13)/b12-8+. The summed E-state index contributed by atoms with van der Waals surface area (Å²) >= 11 is 1.73. The minimum absolute atomic E-state index is 0.523. The average molecular weight is 224 g/mol. The van der Waals surface area contributed by atoms with Crippen LogP contribution in [0.25, 0.3) is 0 Å². The quantitative estimate of drug-likeness (QED) is 0.587. The van der Waals surface area contributed by atoms with Gasteiger partial charge in [0.25, 0.3) is 0 Å². The number of rotatable bonds is 1. The van der Waals surface area contributed by atoms with Crippen LogP contribution in [-0.2, 0) is 11.3 Å². The molecule has 5 heteroatoms. The van der Waals surface area contributed by atoms with Crippen molar-refractivity contribution in [1.29, 1.82) is 0 Å². The highest BCUT2D eigenvalue weighted by Crippen LogP contribution is 2.26. The number of nitrogens with zero attached hydrogens (tertiary/aromatic N) is 1. The van der Waals surface area contributed by atoms with E-state index < -0.39 is 6.09 Å². The SMILES string of the molecule is CNC(=O)O/N=C1\CCCc2sccc21. The predicted molar refractivity (Wildman–Crippen MR) is 59.3 cm³/mol. The van der Waals surface area contributed by atoms with Gasteiger partial charge in [-0.1, -0.05) is 5.16 Å². The van der Waals surface area contributed by atoms with Gasteiger partial charge in [0.15, 0.2) is 0 Å². The van der Waals surface area contributed by atoms with Crippen molar-refractivity contribution >= 4 is 23.1 Å². The van der Waals surface area contributed by atoms with Gasteiger partial charge >= 0.3 is 6.09 Å². The fourth-order valence-corrected chi connectivity index (χ4v) is 2.52. The van der Waals surface area contributed by atoms with Crippen molar-refractivity contribution in [3.8, 4) is 0 Å². The van der Waals surface area contributed by atoms with Crippen LogP contribution in [0.5, 0.6) is 0 Å². The van der Waals surface area contributed by atoms with E-state index in [1.807, 2.05) is 11.4 Å². The topological polar surface area (TPSA) is 50.7 Å². The monoisotopic (exact) mass is 224 g/mol. The number of carbonyl (C=O) groups is 1. The summed E-state index contributed by atoms with van der Waals surface area (Å²) in [5.74, 6) is 0. The average Bonchev–Trinajstić information content (AvgIpc) is 2.74. The largest absolute Gasteiger partial charge is 0.433 e. The van der Waals surface area contributed by atoms with Crippen molar-refractivity contribution in [2.24, 2.45) is 5.16 Å². The van der Waals surface area contributed by atoms with E-state index in [9.17, 15) is 4.79 Å². The summed E-state index contributed by atoms with van der Waals surface area (Å²) in [6, 6.07) is 2.03. The molecule has 1 heterocycles. The maximum absolute atomic E-state index is 10.9. The Morgan fingerprint density at radius 2 is 2.47 bits per heavy atom. The minimum atomic E-state index is -0.523. The number of amides is 1. The third-order valence-corrected chi connectivity index (χ3v) is 3.30. The normalized spacial score (nSPS) is 17.3. The molecule has 0 radical (unpaired) electrons. The summed E-state index contributed by atoms with van der Waals surface area (Å²) in [4.78, 5) is 16.9. The fraction of sp³-hybridized carbons (Fsp3) is 0.400. The highest BCUT2D eigenvalue weighted by molar-refractivity contribution is 7.10. The third kappa shape index (κ3) is 2.18. The van der Waals surface area contributed by atoms with Crippen LogP contribution in [0.4, 0.5) is 4.79 Å². The first kappa shape index (κ1) is 10.2. The summed E-state index contributed by atoms with van der Waals surface area (Å²) < 4.78 is 0. The first-order chi connectivity index (χ1) is 7.31. The molecule has 1 amide bonds. The van der Waals surface area contributed by atoms with Gasteiger partial charge < -0.3 is 5.32 Å². The van der Waals surface area contributed by atoms with Crippen molar-refractivity contribution in [3.63, 3.8) is 0 Å². The summed E-state index contributed by atoms with van der Waals surface area (Å²) in [6.07, 6.45) is 2.53. The number of aryl methyl sites for hydroxylation is 1. The third-order valence-electron chi connectivity index (χ3n) is 2.32. The fourth-order valence-electron chi connectivity index (χ4n) is 1.58. The molecule has 0 spiro atoms. The van der Waals surface area contributed by atoms with Crippen LogP contribution in [0.1, 0.15) is 23.3 Å². The van der Waals surface area contributed by atoms with Gasteiger partial charge in [-0.25, -0.2) is 4.79 Å². The maximum Gasteiger partial charge on any atom is 0.433 e. The summed E-state index contributed by atoms with van der Waals surface area (Å²) in [7, 11) is 1.51. The molecule has 15 heavy (non-hydrogen) atoms. The second-order valence-electron chi connectivity index (χ2n) is 3.28. The first-order valence-electron chi connectivity index (χ1n) is 4.83.